The number of aromatic nitrogens is 1. The summed E-state index contributed by atoms with van der Waals surface area (Å²) in [6.07, 6.45) is 0.816. The highest BCUT2D eigenvalue weighted by molar-refractivity contribution is 7.13. The molecule has 0 saturated carbocycles. The zero-order valence-electron chi connectivity index (χ0n) is 12.8. The highest BCUT2D eigenvalue weighted by Crippen LogP contribution is 2.25. The van der Waals surface area contributed by atoms with Crippen LogP contribution >= 0.6 is 22.9 Å². The lowest BCUT2D eigenvalue weighted by molar-refractivity contribution is -0.124. The van der Waals surface area contributed by atoms with Crippen molar-refractivity contribution < 1.29 is 14.3 Å². The molecule has 2 aromatic rings. The Labute approximate surface area is 143 Å². The van der Waals surface area contributed by atoms with Gasteiger partial charge in [0.1, 0.15) is 5.01 Å². The number of carbonyl (C=O) groups is 2. The molecule has 0 radical (unpaired) electrons. The third kappa shape index (κ3) is 5.04. The summed E-state index contributed by atoms with van der Waals surface area (Å²) in [5.41, 5.74) is 1.06. The summed E-state index contributed by atoms with van der Waals surface area (Å²) in [4.78, 5) is 27.7. The van der Waals surface area contributed by atoms with Crippen molar-refractivity contribution in [1.82, 2.24) is 10.3 Å². The number of hydrogen-bond acceptors (Lipinski definition) is 5. The van der Waals surface area contributed by atoms with Gasteiger partial charge in [0, 0.05) is 22.0 Å². The quantitative estimate of drug-likeness (QED) is 0.807. The van der Waals surface area contributed by atoms with Crippen molar-refractivity contribution in [3.8, 4) is 10.6 Å². The third-order valence-electron chi connectivity index (χ3n) is 3.16. The smallest absolute Gasteiger partial charge is 0.358 e. The maximum Gasteiger partial charge on any atom is 0.358 e. The summed E-state index contributed by atoms with van der Waals surface area (Å²) < 4.78 is 4.98. The van der Waals surface area contributed by atoms with Crippen LogP contribution in [-0.2, 0) is 9.53 Å². The molecule has 1 aromatic heterocycles. The number of halogens is 1. The van der Waals surface area contributed by atoms with Crippen LogP contribution in [-0.4, -0.2) is 29.5 Å². The fraction of sp³-hybridized carbons (Fsp3) is 0.312. The van der Waals surface area contributed by atoms with E-state index >= 15 is 0 Å². The zero-order chi connectivity index (χ0) is 16.8. The number of benzene rings is 1. The molecular weight excluding hydrogens is 336 g/mol. The first kappa shape index (κ1) is 17.4. The number of thiazole rings is 1. The number of esters is 1. The number of nitrogens with one attached hydrogen (secondary N) is 1. The average Bonchev–Trinajstić information content (AvgIpc) is 3.03. The van der Waals surface area contributed by atoms with Crippen molar-refractivity contribution >= 4 is 34.8 Å². The Kier molecular flexibility index (Phi) is 6.12. The molecule has 0 spiro atoms. The summed E-state index contributed by atoms with van der Waals surface area (Å²) in [5.74, 6) is -0.929. The van der Waals surface area contributed by atoms with Crippen LogP contribution in [0, 0.1) is 0 Å². The van der Waals surface area contributed by atoms with E-state index in [2.05, 4.69) is 10.3 Å². The van der Waals surface area contributed by atoms with Crippen LogP contribution in [0.25, 0.3) is 10.6 Å². The van der Waals surface area contributed by atoms with Gasteiger partial charge in [0.2, 0.25) is 0 Å². The fourth-order valence-electron chi connectivity index (χ4n) is 1.72. The van der Waals surface area contributed by atoms with Gasteiger partial charge >= 0.3 is 5.97 Å². The van der Waals surface area contributed by atoms with E-state index in [1.165, 1.54) is 11.3 Å². The highest BCUT2D eigenvalue weighted by atomic mass is 35.5. The monoisotopic (exact) mass is 352 g/mol. The van der Waals surface area contributed by atoms with E-state index in [1.54, 1.807) is 17.5 Å². The molecule has 1 atom stereocenters. The van der Waals surface area contributed by atoms with Crippen LogP contribution in [0.5, 0.6) is 0 Å². The maximum atomic E-state index is 11.9. The van der Waals surface area contributed by atoms with Gasteiger partial charge in [-0.3, -0.25) is 4.79 Å². The molecule has 1 heterocycles. The molecule has 1 N–H and O–H groups in total. The van der Waals surface area contributed by atoms with Gasteiger partial charge in [0.05, 0.1) is 0 Å². The second-order valence-electron chi connectivity index (χ2n) is 5.00. The van der Waals surface area contributed by atoms with Gasteiger partial charge in [-0.05, 0) is 25.5 Å². The van der Waals surface area contributed by atoms with Gasteiger partial charge in [0.25, 0.3) is 5.91 Å². The van der Waals surface area contributed by atoms with E-state index in [0.29, 0.717) is 10.0 Å². The Morgan fingerprint density at radius 1 is 1.35 bits per heavy atom. The van der Waals surface area contributed by atoms with Crippen molar-refractivity contribution in [3.63, 3.8) is 0 Å². The molecule has 0 aliphatic carbocycles. The second-order valence-corrected chi connectivity index (χ2v) is 6.29. The fourth-order valence-corrected chi connectivity index (χ4v) is 2.64. The molecule has 1 aromatic carbocycles. The van der Waals surface area contributed by atoms with Crippen molar-refractivity contribution in [1.29, 1.82) is 0 Å². The van der Waals surface area contributed by atoms with Crippen LogP contribution in [0.3, 0.4) is 0 Å². The molecule has 2 rings (SSSR count). The normalized spacial score (nSPS) is 11.8. The third-order valence-corrected chi connectivity index (χ3v) is 4.30. The molecule has 0 aliphatic heterocycles. The lowest BCUT2D eigenvalue weighted by Gasteiger charge is -2.10. The molecule has 0 bridgehead atoms. The van der Waals surface area contributed by atoms with Gasteiger partial charge in [-0.25, -0.2) is 9.78 Å². The first-order chi connectivity index (χ1) is 11.0. The molecule has 0 aliphatic rings. The molecule has 0 fully saturated rings. The molecular formula is C16H17ClN2O3S. The molecule has 122 valence electrons. The summed E-state index contributed by atoms with van der Waals surface area (Å²) in [5, 5.41) is 5.66. The van der Waals surface area contributed by atoms with Gasteiger partial charge in [-0.2, -0.15) is 0 Å². The maximum absolute atomic E-state index is 11.9. The highest BCUT2D eigenvalue weighted by Gasteiger charge is 2.15. The van der Waals surface area contributed by atoms with E-state index in [9.17, 15) is 9.59 Å². The predicted molar refractivity (Wildman–Crippen MR) is 90.7 cm³/mol. The topological polar surface area (TPSA) is 68.3 Å². The van der Waals surface area contributed by atoms with Crippen molar-refractivity contribution in [3.05, 3.63) is 40.4 Å². The molecule has 5 nitrogen and oxygen atoms in total. The molecule has 1 amide bonds. The minimum atomic E-state index is -0.610. The van der Waals surface area contributed by atoms with Gasteiger partial charge in [-0.1, -0.05) is 30.7 Å². The Morgan fingerprint density at radius 2 is 2.04 bits per heavy atom. The van der Waals surface area contributed by atoms with Gasteiger partial charge in [-0.15, -0.1) is 11.3 Å². The van der Waals surface area contributed by atoms with E-state index in [-0.39, 0.29) is 24.2 Å². The van der Waals surface area contributed by atoms with Crippen molar-refractivity contribution in [2.75, 3.05) is 6.61 Å². The number of hydrogen-bond donors (Lipinski definition) is 1. The Hall–Kier alpha value is -1.92. The Morgan fingerprint density at radius 3 is 2.70 bits per heavy atom. The van der Waals surface area contributed by atoms with Crippen LogP contribution in [0.1, 0.15) is 30.8 Å². The first-order valence-corrected chi connectivity index (χ1v) is 8.43. The minimum absolute atomic E-state index is 0.0528. The first-order valence-electron chi connectivity index (χ1n) is 7.17. The van der Waals surface area contributed by atoms with Crippen LogP contribution in [0.4, 0.5) is 0 Å². The number of amides is 1. The lowest BCUT2D eigenvalue weighted by atomic mass is 10.2. The Bertz CT molecular complexity index is 685. The number of nitrogens with zero attached hydrogens (tertiary/aromatic N) is 1. The average molecular weight is 353 g/mol. The lowest BCUT2D eigenvalue weighted by Crippen LogP contribution is -2.35. The van der Waals surface area contributed by atoms with Crippen LogP contribution in [0.15, 0.2) is 29.6 Å². The second kappa shape index (κ2) is 8.08. The van der Waals surface area contributed by atoms with E-state index in [1.807, 2.05) is 26.0 Å². The summed E-state index contributed by atoms with van der Waals surface area (Å²) in [6, 6.07) is 7.23. The predicted octanol–water partition coefficient (Wildman–Crippen LogP) is 3.54. The van der Waals surface area contributed by atoms with E-state index in [0.717, 1.165) is 12.0 Å². The largest absolute Gasteiger partial charge is 0.451 e. The zero-order valence-corrected chi connectivity index (χ0v) is 14.4. The van der Waals surface area contributed by atoms with Crippen LogP contribution < -0.4 is 5.32 Å². The summed E-state index contributed by atoms with van der Waals surface area (Å²) in [7, 11) is 0. The van der Waals surface area contributed by atoms with Crippen LogP contribution in [0.2, 0.25) is 5.02 Å². The number of ether oxygens (including phenoxy) is 1. The summed E-state index contributed by atoms with van der Waals surface area (Å²) in [6.45, 7) is 3.54. The van der Waals surface area contributed by atoms with Crippen molar-refractivity contribution in [2.24, 2.45) is 0 Å². The van der Waals surface area contributed by atoms with E-state index in [4.69, 9.17) is 16.3 Å². The standard InChI is InChI=1S/C16H17ClN2O3S/c1-3-10(2)18-14(20)8-22-16(21)13-9-23-15(19-13)11-4-6-12(17)7-5-11/h4-7,9-10H,3,8H2,1-2H3,(H,18,20). The van der Waals surface area contributed by atoms with Gasteiger partial charge in [0.15, 0.2) is 12.3 Å². The molecule has 1 unspecified atom stereocenters. The van der Waals surface area contributed by atoms with Crippen molar-refractivity contribution in [2.45, 2.75) is 26.3 Å². The number of carbonyl (C=O) groups excluding carboxylic acids is 2. The Balaban J connectivity index is 1.93. The molecule has 23 heavy (non-hydrogen) atoms. The van der Waals surface area contributed by atoms with Gasteiger partial charge < -0.3 is 10.1 Å². The van der Waals surface area contributed by atoms with E-state index < -0.39 is 5.97 Å². The number of rotatable bonds is 6. The minimum Gasteiger partial charge on any atom is -0.451 e. The summed E-state index contributed by atoms with van der Waals surface area (Å²) >= 11 is 7.17. The molecule has 0 saturated heterocycles. The SMILES string of the molecule is CCC(C)NC(=O)COC(=O)c1csc(-c2ccc(Cl)cc2)n1. The molecule has 7 heteroatoms.